The van der Waals surface area contributed by atoms with E-state index in [0.717, 1.165) is 40.6 Å². The number of nitrogens with two attached hydrogens (primary N) is 2. The molecule has 0 spiro atoms. The van der Waals surface area contributed by atoms with Gasteiger partial charge in [0.25, 0.3) is 5.91 Å². The van der Waals surface area contributed by atoms with Crippen LogP contribution >= 0.6 is 0 Å². The van der Waals surface area contributed by atoms with Gasteiger partial charge in [0.15, 0.2) is 5.82 Å². The molecule has 7 heteroatoms. The minimum Gasteiger partial charge on any atom is -0.348 e. The summed E-state index contributed by atoms with van der Waals surface area (Å²) in [5.74, 6) is -0.220. The number of imidazole rings is 1. The first-order valence-corrected chi connectivity index (χ1v) is 11.1. The molecule has 4 aromatic rings. The maximum absolute atomic E-state index is 13.4. The van der Waals surface area contributed by atoms with Crippen LogP contribution in [0.5, 0.6) is 0 Å². The highest BCUT2D eigenvalue weighted by Crippen LogP contribution is 2.26. The number of carbonyl (C=O) groups excluding carboxylic acids is 1. The second-order valence-electron chi connectivity index (χ2n) is 8.12. The van der Waals surface area contributed by atoms with E-state index in [1.54, 1.807) is 12.1 Å². The van der Waals surface area contributed by atoms with E-state index < -0.39 is 0 Å². The number of aromatic nitrogens is 2. The third kappa shape index (κ3) is 5.45. The monoisotopic (exact) mass is 445 g/mol. The van der Waals surface area contributed by atoms with E-state index in [2.05, 4.69) is 10.3 Å². The Morgan fingerprint density at radius 3 is 2.48 bits per heavy atom. The smallest absolute Gasteiger partial charge is 0.287 e. The van der Waals surface area contributed by atoms with Crippen molar-refractivity contribution in [2.45, 2.75) is 25.4 Å². The minimum atomic E-state index is -0.280. The summed E-state index contributed by atoms with van der Waals surface area (Å²) in [6.45, 7) is 1.42. The molecule has 33 heavy (non-hydrogen) atoms. The largest absolute Gasteiger partial charge is 0.348 e. The van der Waals surface area contributed by atoms with Gasteiger partial charge in [-0.3, -0.25) is 4.79 Å². The van der Waals surface area contributed by atoms with Gasteiger partial charge in [-0.1, -0.05) is 48.5 Å². The molecule has 0 aliphatic rings. The van der Waals surface area contributed by atoms with Crippen molar-refractivity contribution in [3.8, 4) is 11.1 Å². The number of nitrogens with one attached hydrogen (secondary N) is 1. The van der Waals surface area contributed by atoms with Gasteiger partial charge in [-0.15, -0.1) is 0 Å². The fourth-order valence-corrected chi connectivity index (χ4v) is 3.83. The van der Waals surface area contributed by atoms with Crippen LogP contribution in [0.25, 0.3) is 22.2 Å². The second kappa shape index (κ2) is 10.4. The number of halogens is 1. The van der Waals surface area contributed by atoms with Crippen molar-refractivity contribution in [1.29, 1.82) is 0 Å². The van der Waals surface area contributed by atoms with Crippen LogP contribution in [-0.4, -0.2) is 34.6 Å². The van der Waals surface area contributed by atoms with Gasteiger partial charge in [0, 0.05) is 19.1 Å². The first-order chi connectivity index (χ1) is 16.0. The van der Waals surface area contributed by atoms with Crippen LogP contribution in [0.2, 0.25) is 0 Å². The van der Waals surface area contributed by atoms with Crippen molar-refractivity contribution in [3.05, 3.63) is 90.0 Å². The second-order valence-corrected chi connectivity index (χ2v) is 8.12. The highest BCUT2D eigenvalue weighted by atomic mass is 19.1. The Balaban J connectivity index is 1.69. The first-order valence-electron chi connectivity index (χ1n) is 11.1. The molecule has 1 aromatic heterocycles. The van der Waals surface area contributed by atoms with Crippen LogP contribution in [0.4, 0.5) is 4.39 Å². The molecule has 0 saturated carbocycles. The average Bonchev–Trinajstić information content (AvgIpc) is 3.20. The van der Waals surface area contributed by atoms with E-state index in [4.69, 9.17) is 11.5 Å². The molecule has 5 N–H and O–H groups in total. The lowest BCUT2D eigenvalue weighted by Crippen LogP contribution is -2.38. The molecule has 3 aromatic carbocycles. The van der Waals surface area contributed by atoms with E-state index in [1.807, 2.05) is 53.1 Å². The number of hydrogen-bond donors (Lipinski definition) is 3. The van der Waals surface area contributed by atoms with Crippen LogP contribution in [0.15, 0.2) is 72.8 Å². The van der Waals surface area contributed by atoms with Crippen LogP contribution in [0.1, 0.15) is 29.0 Å². The van der Waals surface area contributed by atoms with E-state index in [-0.39, 0.29) is 17.8 Å². The summed E-state index contributed by atoms with van der Waals surface area (Å²) in [5.41, 5.74) is 16.1. The van der Waals surface area contributed by atoms with Crippen LogP contribution in [-0.2, 0) is 6.54 Å². The first kappa shape index (κ1) is 22.6. The van der Waals surface area contributed by atoms with E-state index in [0.29, 0.717) is 25.5 Å². The number of benzene rings is 3. The third-order valence-electron chi connectivity index (χ3n) is 5.62. The summed E-state index contributed by atoms with van der Waals surface area (Å²) in [7, 11) is 0. The summed E-state index contributed by atoms with van der Waals surface area (Å²) in [6, 6.07) is 21.9. The molecule has 0 bridgehead atoms. The number of fused-ring (bicyclic) bond motifs is 1. The Labute approximate surface area is 192 Å². The quantitative estimate of drug-likeness (QED) is 0.366. The van der Waals surface area contributed by atoms with E-state index in [1.165, 1.54) is 12.1 Å². The van der Waals surface area contributed by atoms with Gasteiger partial charge in [0.2, 0.25) is 0 Å². The Morgan fingerprint density at radius 1 is 1.03 bits per heavy atom. The molecule has 4 rings (SSSR count). The van der Waals surface area contributed by atoms with Gasteiger partial charge < -0.3 is 21.4 Å². The lowest BCUT2D eigenvalue weighted by atomic mass is 10.1. The number of carbonyl (C=O) groups is 1. The summed E-state index contributed by atoms with van der Waals surface area (Å²) in [5, 5.41) is 2.92. The number of rotatable bonds is 9. The van der Waals surface area contributed by atoms with E-state index in [9.17, 15) is 9.18 Å². The van der Waals surface area contributed by atoms with Gasteiger partial charge in [-0.25, -0.2) is 9.37 Å². The maximum atomic E-state index is 13.4. The molecule has 1 atom stereocenters. The van der Waals surface area contributed by atoms with Gasteiger partial charge in [-0.2, -0.15) is 0 Å². The molecule has 0 saturated heterocycles. The molecule has 0 aliphatic heterocycles. The summed E-state index contributed by atoms with van der Waals surface area (Å²) < 4.78 is 15.3. The van der Waals surface area contributed by atoms with E-state index >= 15 is 0 Å². The molecule has 1 unspecified atom stereocenters. The Bertz CT molecular complexity index is 1220. The number of nitrogens with zero attached hydrogens (tertiary/aromatic N) is 2. The molecular formula is C26H28FN5O. The zero-order chi connectivity index (χ0) is 23.2. The van der Waals surface area contributed by atoms with Crippen molar-refractivity contribution in [2.75, 3.05) is 13.1 Å². The lowest BCUT2D eigenvalue weighted by Gasteiger charge is -2.13. The molecule has 1 heterocycles. The van der Waals surface area contributed by atoms with Crippen molar-refractivity contribution in [3.63, 3.8) is 0 Å². The van der Waals surface area contributed by atoms with Gasteiger partial charge in [-0.05, 0) is 60.3 Å². The zero-order valence-corrected chi connectivity index (χ0v) is 18.4. The molecule has 0 aliphatic carbocycles. The highest BCUT2D eigenvalue weighted by Gasteiger charge is 2.19. The van der Waals surface area contributed by atoms with Gasteiger partial charge >= 0.3 is 0 Å². The zero-order valence-electron chi connectivity index (χ0n) is 18.4. The molecule has 0 fully saturated rings. The standard InChI is InChI=1S/C26H28FN5O/c27-21-11-8-19(9-12-21)20-10-13-23-24(15-20)32(17-18-5-2-1-3-6-18)25(31-23)26(33)30-16-22(29)7-4-14-28/h1-3,5-6,8-13,15,22H,4,7,14,16-17,28-29H2,(H,30,33). The van der Waals surface area contributed by atoms with Crippen molar-refractivity contribution in [2.24, 2.45) is 11.5 Å². The van der Waals surface area contributed by atoms with Crippen molar-refractivity contribution >= 4 is 16.9 Å². The van der Waals surface area contributed by atoms with Crippen LogP contribution < -0.4 is 16.8 Å². The predicted molar refractivity (Wildman–Crippen MR) is 129 cm³/mol. The van der Waals surface area contributed by atoms with Gasteiger partial charge in [0.05, 0.1) is 11.0 Å². The van der Waals surface area contributed by atoms with Gasteiger partial charge in [0.1, 0.15) is 5.82 Å². The Hall–Kier alpha value is -3.55. The molecule has 170 valence electrons. The van der Waals surface area contributed by atoms with Crippen molar-refractivity contribution in [1.82, 2.24) is 14.9 Å². The third-order valence-corrected chi connectivity index (χ3v) is 5.62. The number of hydrogen-bond acceptors (Lipinski definition) is 4. The molecule has 0 radical (unpaired) electrons. The summed E-state index contributed by atoms with van der Waals surface area (Å²) >= 11 is 0. The SMILES string of the molecule is NCCCC(N)CNC(=O)c1nc2ccc(-c3ccc(F)cc3)cc2n1Cc1ccccc1. The predicted octanol–water partition coefficient (Wildman–Crippen LogP) is 3.69. The van der Waals surface area contributed by atoms with Crippen LogP contribution in [0.3, 0.4) is 0 Å². The fourth-order valence-electron chi connectivity index (χ4n) is 3.83. The maximum Gasteiger partial charge on any atom is 0.287 e. The Kier molecular flexibility index (Phi) is 7.12. The normalized spacial score (nSPS) is 12.1. The van der Waals surface area contributed by atoms with Crippen molar-refractivity contribution < 1.29 is 9.18 Å². The summed E-state index contributed by atoms with van der Waals surface area (Å²) in [4.78, 5) is 17.7. The molecule has 6 nitrogen and oxygen atoms in total. The average molecular weight is 446 g/mol. The molecular weight excluding hydrogens is 417 g/mol. The molecule has 1 amide bonds. The lowest BCUT2D eigenvalue weighted by molar-refractivity contribution is 0.0937. The number of amides is 1. The fraction of sp³-hybridized carbons (Fsp3) is 0.231. The minimum absolute atomic E-state index is 0.158. The Morgan fingerprint density at radius 2 is 1.76 bits per heavy atom. The van der Waals surface area contributed by atoms with Crippen LogP contribution in [0, 0.1) is 5.82 Å². The highest BCUT2D eigenvalue weighted by molar-refractivity contribution is 5.95. The topological polar surface area (TPSA) is 99.0 Å². The summed E-state index contributed by atoms with van der Waals surface area (Å²) in [6.07, 6.45) is 1.56.